The summed E-state index contributed by atoms with van der Waals surface area (Å²) in [6.45, 7) is 2.53. The summed E-state index contributed by atoms with van der Waals surface area (Å²) in [5.74, 6) is 2.38. The van der Waals surface area contributed by atoms with Crippen LogP contribution in [0.5, 0.6) is 5.88 Å². The number of methoxy groups -OCH3 is 1. The largest absolute Gasteiger partial charge is 0.479 e. The molecule has 2 aromatic heterocycles. The molecule has 0 bridgehead atoms. The zero-order valence-corrected chi connectivity index (χ0v) is 14.7. The Bertz CT molecular complexity index is 665. The first-order valence-corrected chi connectivity index (χ1v) is 9.04. The second-order valence-electron chi connectivity index (χ2n) is 5.66. The fourth-order valence-corrected chi connectivity index (χ4v) is 3.80. The fraction of sp³-hybridized carbons (Fsp3) is 0.500. The molecule has 24 heavy (non-hydrogen) atoms. The highest BCUT2D eigenvalue weighted by Gasteiger charge is 2.25. The Hall–Kier alpha value is -1.93. The molecular formula is C16H22N4O3S. The molecule has 0 spiro atoms. The van der Waals surface area contributed by atoms with Crippen molar-refractivity contribution >= 4 is 17.7 Å². The summed E-state index contributed by atoms with van der Waals surface area (Å²) in [5.41, 5.74) is 1.53. The van der Waals surface area contributed by atoms with Gasteiger partial charge in [-0.1, -0.05) is 0 Å². The molecular weight excluding hydrogens is 328 g/mol. The Kier molecular flexibility index (Phi) is 5.47. The van der Waals surface area contributed by atoms with Gasteiger partial charge >= 0.3 is 0 Å². The van der Waals surface area contributed by atoms with Crippen molar-refractivity contribution in [3.63, 3.8) is 0 Å². The molecule has 0 saturated carbocycles. The average molecular weight is 350 g/mol. The molecule has 1 fully saturated rings. The number of aromatic nitrogens is 2. The number of rotatable bonds is 6. The third-order valence-electron chi connectivity index (χ3n) is 4.10. The Morgan fingerprint density at radius 3 is 2.96 bits per heavy atom. The van der Waals surface area contributed by atoms with E-state index in [2.05, 4.69) is 15.3 Å². The van der Waals surface area contributed by atoms with Gasteiger partial charge in [-0.05, 0) is 6.07 Å². The molecule has 8 heteroatoms. The molecule has 1 saturated heterocycles. The number of hydrogen-bond donors (Lipinski definition) is 1. The summed E-state index contributed by atoms with van der Waals surface area (Å²) < 4.78 is 12.0. The van der Waals surface area contributed by atoms with E-state index < -0.39 is 0 Å². The number of ether oxygens (including phenoxy) is 1. The van der Waals surface area contributed by atoms with Crippen LogP contribution in [0.3, 0.4) is 0 Å². The summed E-state index contributed by atoms with van der Waals surface area (Å²) in [6, 6.07) is 2.07. The quantitative estimate of drug-likeness (QED) is 0.852. The molecule has 2 aromatic rings. The molecule has 0 aromatic carbocycles. The van der Waals surface area contributed by atoms with E-state index in [0.717, 1.165) is 30.2 Å². The van der Waals surface area contributed by atoms with Gasteiger partial charge < -0.3 is 14.5 Å². The summed E-state index contributed by atoms with van der Waals surface area (Å²) in [4.78, 5) is 14.9. The molecule has 1 atom stereocenters. The third kappa shape index (κ3) is 3.76. The second-order valence-corrected chi connectivity index (χ2v) is 6.88. The Morgan fingerprint density at radius 2 is 2.29 bits per heavy atom. The first-order valence-electron chi connectivity index (χ1n) is 7.88. The van der Waals surface area contributed by atoms with E-state index in [4.69, 9.17) is 9.15 Å². The lowest BCUT2D eigenvalue weighted by molar-refractivity contribution is 0.0931. The number of thioether (sulfide) groups is 1. The standard InChI is InChI=1S/C16H22N4O3S/c1-19-10-13(16(18-19)22-2)15(21)17-9-14(12-3-6-23-11-12)20-4-7-24-8-5-20/h3,6,10-11,14H,4-5,7-9H2,1-2H3,(H,17,21)/t14-/m0/s1. The highest BCUT2D eigenvalue weighted by molar-refractivity contribution is 7.99. The summed E-state index contributed by atoms with van der Waals surface area (Å²) >= 11 is 1.96. The molecule has 0 unspecified atom stereocenters. The van der Waals surface area contributed by atoms with Gasteiger partial charge in [-0.2, -0.15) is 11.8 Å². The van der Waals surface area contributed by atoms with E-state index in [9.17, 15) is 4.79 Å². The van der Waals surface area contributed by atoms with Crippen LogP contribution in [0.1, 0.15) is 22.0 Å². The number of carbonyl (C=O) groups excluding carboxylic acids is 1. The van der Waals surface area contributed by atoms with E-state index in [1.54, 1.807) is 30.5 Å². The van der Waals surface area contributed by atoms with Crippen molar-refractivity contribution in [2.75, 3.05) is 38.2 Å². The van der Waals surface area contributed by atoms with Gasteiger partial charge in [-0.25, -0.2) is 0 Å². The van der Waals surface area contributed by atoms with Gasteiger partial charge in [0.1, 0.15) is 5.56 Å². The maximum absolute atomic E-state index is 12.5. The average Bonchev–Trinajstić information content (AvgIpc) is 3.25. The smallest absolute Gasteiger partial charge is 0.258 e. The maximum Gasteiger partial charge on any atom is 0.258 e. The zero-order chi connectivity index (χ0) is 16.9. The minimum Gasteiger partial charge on any atom is -0.479 e. The topological polar surface area (TPSA) is 72.5 Å². The van der Waals surface area contributed by atoms with E-state index in [1.165, 1.54) is 7.11 Å². The van der Waals surface area contributed by atoms with Gasteiger partial charge in [-0.3, -0.25) is 14.4 Å². The molecule has 130 valence electrons. The van der Waals surface area contributed by atoms with E-state index in [0.29, 0.717) is 18.0 Å². The SMILES string of the molecule is COc1nn(C)cc1C(=O)NC[C@@H](c1ccoc1)N1CCSCC1. The van der Waals surface area contributed by atoms with E-state index in [1.807, 2.05) is 17.8 Å². The zero-order valence-electron chi connectivity index (χ0n) is 13.9. The Labute approximate surface area is 145 Å². The van der Waals surface area contributed by atoms with Gasteiger partial charge in [0.15, 0.2) is 0 Å². The number of amides is 1. The molecule has 0 radical (unpaired) electrons. The Balaban J connectivity index is 1.70. The number of nitrogens with zero attached hydrogens (tertiary/aromatic N) is 3. The van der Waals surface area contributed by atoms with Crippen LogP contribution in [0.25, 0.3) is 0 Å². The minimum absolute atomic E-state index is 0.108. The summed E-state index contributed by atoms with van der Waals surface area (Å²) in [5, 5.41) is 7.13. The van der Waals surface area contributed by atoms with Crippen LogP contribution in [0.4, 0.5) is 0 Å². The summed E-state index contributed by atoms with van der Waals surface area (Å²) in [6.07, 6.45) is 5.09. The van der Waals surface area contributed by atoms with Crippen LogP contribution in [0.2, 0.25) is 0 Å². The molecule has 1 aliphatic rings. The van der Waals surface area contributed by atoms with Crippen LogP contribution >= 0.6 is 11.8 Å². The second kappa shape index (κ2) is 7.76. The third-order valence-corrected chi connectivity index (χ3v) is 5.05. The van der Waals surface area contributed by atoms with Crippen molar-refractivity contribution in [1.82, 2.24) is 20.0 Å². The van der Waals surface area contributed by atoms with Crippen molar-refractivity contribution in [1.29, 1.82) is 0 Å². The van der Waals surface area contributed by atoms with Crippen molar-refractivity contribution in [3.05, 3.63) is 35.9 Å². The van der Waals surface area contributed by atoms with Gasteiger partial charge in [0.2, 0.25) is 5.88 Å². The van der Waals surface area contributed by atoms with Crippen molar-refractivity contribution < 1.29 is 13.9 Å². The number of nitrogens with one attached hydrogen (secondary N) is 1. The van der Waals surface area contributed by atoms with Gasteiger partial charge in [0.25, 0.3) is 5.91 Å². The highest BCUT2D eigenvalue weighted by atomic mass is 32.2. The van der Waals surface area contributed by atoms with Crippen LogP contribution in [-0.2, 0) is 7.05 Å². The predicted molar refractivity (Wildman–Crippen MR) is 92.4 cm³/mol. The fourth-order valence-electron chi connectivity index (χ4n) is 2.87. The predicted octanol–water partition coefficient (Wildman–Crippen LogP) is 1.54. The maximum atomic E-state index is 12.5. The number of aryl methyl sites for hydroxylation is 1. The molecule has 7 nitrogen and oxygen atoms in total. The van der Waals surface area contributed by atoms with Crippen LogP contribution in [0.15, 0.2) is 29.2 Å². The Morgan fingerprint density at radius 1 is 1.50 bits per heavy atom. The highest BCUT2D eigenvalue weighted by Crippen LogP contribution is 2.24. The van der Waals surface area contributed by atoms with Crippen molar-refractivity contribution in [2.45, 2.75) is 6.04 Å². The monoisotopic (exact) mass is 350 g/mol. The lowest BCUT2D eigenvalue weighted by Gasteiger charge is -2.33. The minimum atomic E-state index is -0.181. The first-order chi connectivity index (χ1) is 11.7. The molecule has 1 N–H and O–H groups in total. The van der Waals surface area contributed by atoms with Gasteiger partial charge in [-0.15, -0.1) is 5.10 Å². The van der Waals surface area contributed by atoms with Crippen molar-refractivity contribution in [3.8, 4) is 5.88 Å². The normalized spacial score (nSPS) is 16.8. The molecule has 0 aliphatic carbocycles. The lowest BCUT2D eigenvalue weighted by Crippen LogP contribution is -2.41. The number of hydrogen-bond acceptors (Lipinski definition) is 6. The molecule has 3 rings (SSSR count). The van der Waals surface area contributed by atoms with E-state index >= 15 is 0 Å². The molecule has 1 aliphatic heterocycles. The first kappa shape index (κ1) is 16.9. The van der Waals surface area contributed by atoms with E-state index in [-0.39, 0.29) is 11.9 Å². The molecule has 3 heterocycles. The summed E-state index contributed by atoms with van der Waals surface area (Å²) in [7, 11) is 3.28. The van der Waals surface area contributed by atoms with Crippen molar-refractivity contribution in [2.24, 2.45) is 7.05 Å². The number of carbonyl (C=O) groups is 1. The lowest BCUT2D eigenvalue weighted by atomic mass is 10.1. The van der Waals surface area contributed by atoms with Crippen LogP contribution in [0, 0.1) is 0 Å². The number of furan rings is 1. The van der Waals surface area contributed by atoms with Crippen LogP contribution < -0.4 is 10.1 Å². The van der Waals surface area contributed by atoms with Crippen LogP contribution in [-0.4, -0.2) is 58.8 Å². The molecule has 1 amide bonds. The van der Waals surface area contributed by atoms with Gasteiger partial charge in [0.05, 0.1) is 25.7 Å². The van der Waals surface area contributed by atoms with Gasteiger partial charge in [0, 0.05) is 49.9 Å².